The first-order chi connectivity index (χ1) is 18.3. The molecule has 212 valence electrons. The van der Waals surface area contributed by atoms with E-state index >= 15 is 0 Å². The molecule has 1 aromatic heterocycles. The van der Waals surface area contributed by atoms with Gasteiger partial charge in [-0.15, -0.1) is 0 Å². The van der Waals surface area contributed by atoms with Gasteiger partial charge in [-0.3, -0.25) is 24.0 Å². The first-order valence-electron chi connectivity index (χ1n) is 12.2. The summed E-state index contributed by atoms with van der Waals surface area (Å²) >= 11 is 0. The molecule has 0 aliphatic rings. The van der Waals surface area contributed by atoms with E-state index in [2.05, 4.69) is 20.9 Å². The fourth-order valence-electron chi connectivity index (χ4n) is 3.86. The lowest BCUT2D eigenvalue weighted by atomic mass is 9.99. The number of H-pyrrole nitrogens is 1. The number of nitrogens with one attached hydrogen (secondary N) is 4. The lowest BCUT2D eigenvalue weighted by Crippen LogP contribution is -2.59. The zero-order valence-electron chi connectivity index (χ0n) is 21.6. The minimum atomic E-state index is -1.73. The maximum absolute atomic E-state index is 13.3. The molecular formula is C25H34N6O8. The van der Waals surface area contributed by atoms with Crippen LogP contribution < -0.4 is 27.4 Å². The molecule has 39 heavy (non-hydrogen) atoms. The molecule has 0 aliphatic heterocycles. The van der Waals surface area contributed by atoms with E-state index in [4.69, 9.17) is 16.6 Å². The highest BCUT2D eigenvalue weighted by molar-refractivity contribution is 5.95. The van der Waals surface area contributed by atoms with Gasteiger partial charge in [-0.2, -0.15) is 0 Å². The topological polar surface area (TPSA) is 247 Å². The van der Waals surface area contributed by atoms with Gasteiger partial charge in [-0.25, -0.2) is 4.79 Å². The Bertz CT molecular complexity index is 1230. The van der Waals surface area contributed by atoms with Crippen molar-refractivity contribution in [2.45, 2.75) is 63.7 Å². The standard InChI is InChI=1S/C25H34N6O8/c1-12(2)21(31-22(35)15(26)7-8-19(27)32)24(37)29-17(23(36)30-18(25(38)39)10-20(33)34)9-13-11-28-16-6-4-3-5-14(13)16/h3-6,11-12,15,17-18,21,28H,7-10,26H2,1-2H3,(H2,27,32)(H,29,37)(H,30,36)(H,31,35)(H,33,34)(H,38,39). The number of carboxylic acid groups (broad SMARTS) is 2. The van der Waals surface area contributed by atoms with Crippen molar-refractivity contribution in [1.29, 1.82) is 0 Å². The van der Waals surface area contributed by atoms with Gasteiger partial charge in [0.15, 0.2) is 0 Å². The molecule has 0 radical (unpaired) electrons. The fraction of sp³-hybridized carbons (Fsp3) is 0.440. The maximum atomic E-state index is 13.3. The molecule has 0 saturated heterocycles. The molecule has 0 bridgehead atoms. The number of carbonyl (C=O) groups is 6. The van der Waals surface area contributed by atoms with Crippen LogP contribution in [0, 0.1) is 5.92 Å². The molecule has 0 aliphatic carbocycles. The van der Waals surface area contributed by atoms with Gasteiger partial charge in [0.1, 0.15) is 18.1 Å². The summed E-state index contributed by atoms with van der Waals surface area (Å²) in [5, 5.41) is 26.4. The normalized spacial score (nSPS) is 14.2. The lowest BCUT2D eigenvalue weighted by molar-refractivity contribution is -0.147. The van der Waals surface area contributed by atoms with Gasteiger partial charge in [0.2, 0.25) is 23.6 Å². The molecule has 0 spiro atoms. The van der Waals surface area contributed by atoms with Crippen molar-refractivity contribution in [3.63, 3.8) is 0 Å². The number of aromatic nitrogens is 1. The molecular weight excluding hydrogens is 512 g/mol. The van der Waals surface area contributed by atoms with Crippen molar-refractivity contribution in [3.05, 3.63) is 36.0 Å². The Labute approximate surface area is 223 Å². The summed E-state index contributed by atoms with van der Waals surface area (Å²) < 4.78 is 0. The molecule has 4 atom stereocenters. The van der Waals surface area contributed by atoms with E-state index in [9.17, 15) is 33.9 Å². The molecule has 10 N–H and O–H groups in total. The van der Waals surface area contributed by atoms with Gasteiger partial charge in [-0.1, -0.05) is 32.0 Å². The summed E-state index contributed by atoms with van der Waals surface area (Å²) in [4.78, 5) is 75.7. The third kappa shape index (κ3) is 9.10. The highest BCUT2D eigenvalue weighted by Gasteiger charge is 2.32. The number of amides is 4. The molecule has 4 amide bonds. The Morgan fingerprint density at radius 1 is 0.923 bits per heavy atom. The van der Waals surface area contributed by atoms with Crippen LogP contribution in [-0.2, 0) is 35.2 Å². The Hall–Kier alpha value is -4.46. The summed E-state index contributed by atoms with van der Waals surface area (Å²) in [6, 6.07) is 1.90. The van der Waals surface area contributed by atoms with Crippen LogP contribution in [-0.4, -0.2) is 74.9 Å². The Morgan fingerprint density at radius 3 is 2.15 bits per heavy atom. The third-order valence-electron chi connectivity index (χ3n) is 6.01. The number of para-hydroxylation sites is 1. The number of aliphatic carboxylic acids is 2. The van der Waals surface area contributed by atoms with E-state index in [-0.39, 0.29) is 19.3 Å². The molecule has 0 fully saturated rings. The zero-order chi connectivity index (χ0) is 29.3. The Kier molecular flexibility index (Phi) is 11.0. The molecule has 4 unspecified atom stereocenters. The monoisotopic (exact) mass is 546 g/mol. The number of rotatable bonds is 15. The summed E-state index contributed by atoms with van der Waals surface area (Å²) in [5.74, 6) is -6.44. The average Bonchev–Trinajstić information content (AvgIpc) is 3.26. The highest BCUT2D eigenvalue weighted by Crippen LogP contribution is 2.19. The van der Waals surface area contributed by atoms with Crippen LogP contribution in [0.3, 0.4) is 0 Å². The summed E-state index contributed by atoms with van der Waals surface area (Å²) in [5.41, 5.74) is 12.3. The predicted molar refractivity (Wildman–Crippen MR) is 139 cm³/mol. The number of hydrogen-bond acceptors (Lipinski definition) is 7. The predicted octanol–water partition coefficient (Wildman–Crippen LogP) is -1.03. The van der Waals surface area contributed by atoms with Crippen LogP contribution in [0.1, 0.15) is 38.7 Å². The first-order valence-corrected chi connectivity index (χ1v) is 12.2. The van der Waals surface area contributed by atoms with Crippen LogP contribution in [0.4, 0.5) is 0 Å². The third-order valence-corrected chi connectivity index (χ3v) is 6.01. The number of fused-ring (bicyclic) bond motifs is 1. The van der Waals surface area contributed by atoms with Crippen LogP contribution in [0.2, 0.25) is 0 Å². The fourth-order valence-corrected chi connectivity index (χ4v) is 3.86. The van der Waals surface area contributed by atoms with Gasteiger partial charge >= 0.3 is 11.9 Å². The average molecular weight is 547 g/mol. The van der Waals surface area contributed by atoms with Crippen LogP contribution >= 0.6 is 0 Å². The minimum Gasteiger partial charge on any atom is -0.481 e. The van der Waals surface area contributed by atoms with Gasteiger partial charge in [0, 0.05) is 29.9 Å². The van der Waals surface area contributed by atoms with Crippen molar-refractivity contribution < 1.29 is 39.0 Å². The smallest absolute Gasteiger partial charge is 0.326 e. The van der Waals surface area contributed by atoms with E-state index < -0.39 is 72.1 Å². The van der Waals surface area contributed by atoms with E-state index in [0.29, 0.717) is 5.56 Å². The number of primary amides is 1. The van der Waals surface area contributed by atoms with E-state index in [1.165, 1.54) is 0 Å². The van der Waals surface area contributed by atoms with Crippen LogP contribution in [0.15, 0.2) is 30.5 Å². The van der Waals surface area contributed by atoms with Crippen molar-refractivity contribution in [2.75, 3.05) is 0 Å². The van der Waals surface area contributed by atoms with Crippen molar-refractivity contribution in [2.24, 2.45) is 17.4 Å². The second-order valence-corrected chi connectivity index (χ2v) is 9.46. The Morgan fingerprint density at radius 2 is 1.56 bits per heavy atom. The number of carboxylic acids is 2. The summed E-state index contributed by atoms with van der Waals surface area (Å²) in [7, 11) is 0. The van der Waals surface area contributed by atoms with Crippen LogP contribution in [0.25, 0.3) is 10.9 Å². The van der Waals surface area contributed by atoms with Crippen molar-refractivity contribution in [1.82, 2.24) is 20.9 Å². The maximum Gasteiger partial charge on any atom is 0.326 e. The summed E-state index contributed by atoms with van der Waals surface area (Å²) in [6.45, 7) is 3.31. The minimum absolute atomic E-state index is 0.0284. The number of aromatic amines is 1. The number of benzene rings is 1. The number of hydrogen-bond donors (Lipinski definition) is 8. The van der Waals surface area contributed by atoms with Gasteiger partial charge in [0.25, 0.3) is 0 Å². The van der Waals surface area contributed by atoms with Crippen LogP contribution in [0.5, 0.6) is 0 Å². The number of nitrogens with two attached hydrogens (primary N) is 2. The van der Waals surface area contributed by atoms with Crippen molar-refractivity contribution in [3.8, 4) is 0 Å². The first kappa shape index (κ1) is 30.8. The molecule has 14 nitrogen and oxygen atoms in total. The Balaban J connectivity index is 2.29. The lowest BCUT2D eigenvalue weighted by Gasteiger charge is -2.27. The second-order valence-electron chi connectivity index (χ2n) is 9.46. The van der Waals surface area contributed by atoms with E-state index in [1.807, 2.05) is 12.1 Å². The van der Waals surface area contributed by atoms with Gasteiger partial charge in [-0.05, 0) is 24.0 Å². The summed E-state index contributed by atoms with van der Waals surface area (Å²) in [6.07, 6.45) is 0.545. The van der Waals surface area contributed by atoms with E-state index in [1.54, 1.807) is 32.2 Å². The molecule has 0 saturated carbocycles. The van der Waals surface area contributed by atoms with E-state index in [0.717, 1.165) is 10.9 Å². The van der Waals surface area contributed by atoms with Crippen molar-refractivity contribution >= 4 is 46.5 Å². The highest BCUT2D eigenvalue weighted by atomic mass is 16.4. The SMILES string of the molecule is CC(C)C(NC(=O)C(N)CCC(N)=O)C(=O)NC(Cc1c[nH]c2ccccc12)C(=O)NC(CC(=O)O)C(=O)O. The molecule has 14 heteroatoms. The molecule has 1 heterocycles. The van der Waals surface area contributed by atoms with Gasteiger partial charge < -0.3 is 42.6 Å². The molecule has 2 aromatic rings. The second kappa shape index (κ2) is 13.9. The number of carbonyl (C=O) groups excluding carboxylic acids is 4. The van der Waals surface area contributed by atoms with Gasteiger partial charge in [0.05, 0.1) is 12.5 Å². The zero-order valence-corrected chi connectivity index (χ0v) is 21.6. The molecule has 2 rings (SSSR count). The largest absolute Gasteiger partial charge is 0.481 e. The quantitative estimate of drug-likeness (QED) is 0.136. The molecule has 1 aromatic carbocycles.